The summed E-state index contributed by atoms with van der Waals surface area (Å²) < 4.78 is 5.26. The van der Waals surface area contributed by atoms with E-state index in [1.165, 1.54) is 24.8 Å². The second-order valence-corrected chi connectivity index (χ2v) is 7.08. The molecular formula is C20H25N3O4. The molecule has 1 heterocycles. The number of nitrogens with zero attached hydrogens (tertiary/aromatic N) is 3. The van der Waals surface area contributed by atoms with E-state index in [1.807, 2.05) is 30.3 Å². The summed E-state index contributed by atoms with van der Waals surface area (Å²) in [6, 6.07) is 8.39. The lowest BCUT2D eigenvalue weighted by Gasteiger charge is -2.25. The van der Waals surface area contributed by atoms with Gasteiger partial charge in [-0.15, -0.1) is 0 Å². The Kier molecular flexibility index (Phi) is 6.21. The Labute approximate surface area is 158 Å². The number of aliphatic carboxylic acids is 1. The average molecular weight is 371 g/mol. The molecule has 1 unspecified atom stereocenters. The number of aryl methyl sites for hydroxylation is 1. The molecule has 1 aromatic heterocycles. The van der Waals surface area contributed by atoms with Crippen LogP contribution >= 0.6 is 0 Å². The van der Waals surface area contributed by atoms with Crippen LogP contribution in [0.15, 0.2) is 34.9 Å². The van der Waals surface area contributed by atoms with E-state index in [2.05, 4.69) is 10.1 Å². The number of likely N-dealkylation sites (N-methyl/N-ethyl adjacent to an activating group) is 1. The molecule has 0 bridgehead atoms. The van der Waals surface area contributed by atoms with Crippen molar-refractivity contribution in [2.45, 2.75) is 56.9 Å². The van der Waals surface area contributed by atoms with Gasteiger partial charge in [-0.05, 0) is 18.4 Å². The van der Waals surface area contributed by atoms with Crippen LogP contribution in [0.1, 0.15) is 55.3 Å². The van der Waals surface area contributed by atoms with Crippen LogP contribution in [0.5, 0.6) is 0 Å². The molecule has 2 aromatic rings. The minimum atomic E-state index is -1.02. The number of carboxylic acids is 1. The zero-order chi connectivity index (χ0) is 19.2. The Morgan fingerprint density at radius 2 is 1.96 bits per heavy atom. The van der Waals surface area contributed by atoms with Crippen LogP contribution in [0.2, 0.25) is 0 Å². The van der Waals surface area contributed by atoms with Gasteiger partial charge < -0.3 is 14.5 Å². The number of hydrogen-bond acceptors (Lipinski definition) is 5. The Bertz CT molecular complexity index is 769. The van der Waals surface area contributed by atoms with E-state index in [-0.39, 0.29) is 18.7 Å². The van der Waals surface area contributed by atoms with Crippen molar-refractivity contribution in [1.82, 2.24) is 15.0 Å². The van der Waals surface area contributed by atoms with Crippen molar-refractivity contribution in [2.75, 3.05) is 7.05 Å². The van der Waals surface area contributed by atoms with Gasteiger partial charge >= 0.3 is 5.97 Å². The first-order chi connectivity index (χ1) is 13.0. The first kappa shape index (κ1) is 19.1. The van der Waals surface area contributed by atoms with Gasteiger partial charge in [-0.25, -0.2) is 4.79 Å². The molecule has 1 fully saturated rings. The fourth-order valence-electron chi connectivity index (χ4n) is 3.51. The summed E-state index contributed by atoms with van der Waals surface area (Å²) in [7, 11) is 1.53. The summed E-state index contributed by atoms with van der Waals surface area (Å²) in [4.78, 5) is 29.8. The number of carbonyl (C=O) groups excluding carboxylic acids is 1. The third-order valence-corrected chi connectivity index (χ3v) is 5.17. The highest BCUT2D eigenvalue weighted by atomic mass is 16.5. The predicted octanol–water partition coefficient (Wildman–Crippen LogP) is 2.81. The molecule has 7 nitrogen and oxygen atoms in total. The van der Waals surface area contributed by atoms with Gasteiger partial charge in [0, 0.05) is 32.2 Å². The number of aromatic nitrogens is 2. The van der Waals surface area contributed by atoms with E-state index < -0.39 is 12.0 Å². The standard InChI is InChI=1S/C20H25N3O4/c1-23(16(20(25)26)13-14-7-3-2-4-8-14)18(24)12-11-17-21-19(22-27-17)15-9-5-6-10-15/h2-4,7-8,15-16H,5-6,9-13H2,1H3,(H,25,26). The van der Waals surface area contributed by atoms with Crippen LogP contribution in [0.3, 0.4) is 0 Å². The lowest BCUT2D eigenvalue weighted by molar-refractivity contribution is -0.149. The third kappa shape index (κ3) is 4.93. The maximum absolute atomic E-state index is 12.5. The molecule has 0 aliphatic heterocycles. The third-order valence-electron chi connectivity index (χ3n) is 5.17. The second kappa shape index (κ2) is 8.79. The van der Waals surface area contributed by atoms with E-state index in [0.29, 0.717) is 18.2 Å². The predicted molar refractivity (Wildman–Crippen MR) is 98.2 cm³/mol. The molecule has 1 saturated carbocycles. The Hall–Kier alpha value is -2.70. The SMILES string of the molecule is CN(C(=O)CCc1nc(C2CCCC2)no1)C(Cc1ccccc1)C(=O)O. The molecule has 7 heteroatoms. The first-order valence-electron chi connectivity index (χ1n) is 9.39. The van der Waals surface area contributed by atoms with Crippen molar-refractivity contribution >= 4 is 11.9 Å². The highest BCUT2D eigenvalue weighted by Crippen LogP contribution is 2.32. The highest BCUT2D eigenvalue weighted by Gasteiger charge is 2.27. The number of carbonyl (C=O) groups is 2. The van der Waals surface area contributed by atoms with Gasteiger partial charge in [0.1, 0.15) is 6.04 Å². The van der Waals surface area contributed by atoms with E-state index in [1.54, 1.807) is 0 Å². The summed E-state index contributed by atoms with van der Waals surface area (Å²) in [5.41, 5.74) is 0.877. The minimum Gasteiger partial charge on any atom is -0.480 e. The smallest absolute Gasteiger partial charge is 0.326 e. The van der Waals surface area contributed by atoms with Crippen LogP contribution in [0.25, 0.3) is 0 Å². The van der Waals surface area contributed by atoms with Gasteiger partial charge in [-0.3, -0.25) is 4.79 Å². The molecule has 1 amide bonds. The summed E-state index contributed by atoms with van der Waals surface area (Å²) in [6.45, 7) is 0. The lowest BCUT2D eigenvalue weighted by Crippen LogP contribution is -2.43. The van der Waals surface area contributed by atoms with Crippen LogP contribution in [0, 0.1) is 0 Å². The van der Waals surface area contributed by atoms with Crippen LogP contribution < -0.4 is 0 Å². The molecule has 1 N–H and O–H groups in total. The van der Waals surface area contributed by atoms with E-state index >= 15 is 0 Å². The maximum atomic E-state index is 12.5. The van der Waals surface area contributed by atoms with Crippen LogP contribution in [-0.4, -0.2) is 45.1 Å². The van der Waals surface area contributed by atoms with Crippen molar-refractivity contribution in [1.29, 1.82) is 0 Å². The average Bonchev–Trinajstić information content (AvgIpc) is 3.35. The van der Waals surface area contributed by atoms with Crippen LogP contribution in [0.4, 0.5) is 0 Å². The number of amides is 1. The quantitative estimate of drug-likeness (QED) is 0.766. The van der Waals surface area contributed by atoms with Gasteiger partial charge in [0.25, 0.3) is 0 Å². The molecule has 144 valence electrons. The van der Waals surface area contributed by atoms with E-state index in [4.69, 9.17) is 4.52 Å². The van der Waals surface area contributed by atoms with Gasteiger partial charge in [-0.1, -0.05) is 48.3 Å². The zero-order valence-electron chi connectivity index (χ0n) is 15.5. The number of benzene rings is 1. The van der Waals surface area contributed by atoms with E-state index in [0.717, 1.165) is 24.2 Å². The lowest BCUT2D eigenvalue weighted by atomic mass is 10.0. The summed E-state index contributed by atoms with van der Waals surface area (Å²) in [6.07, 6.45) is 5.28. The summed E-state index contributed by atoms with van der Waals surface area (Å²) >= 11 is 0. The van der Waals surface area contributed by atoms with Gasteiger partial charge in [0.15, 0.2) is 5.82 Å². The molecule has 1 atom stereocenters. The molecule has 1 aromatic carbocycles. The first-order valence-corrected chi connectivity index (χ1v) is 9.39. The molecular weight excluding hydrogens is 346 g/mol. The summed E-state index contributed by atoms with van der Waals surface area (Å²) in [5.74, 6) is 0.266. The Morgan fingerprint density at radius 1 is 1.26 bits per heavy atom. The van der Waals surface area contributed by atoms with Crippen molar-refractivity contribution in [2.24, 2.45) is 0 Å². The Morgan fingerprint density at radius 3 is 2.63 bits per heavy atom. The minimum absolute atomic E-state index is 0.140. The monoisotopic (exact) mass is 371 g/mol. The molecule has 0 radical (unpaired) electrons. The largest absolute Gasteiger partial charge is 0.480 e. The van der Waals surface area contributed by atoms with Crippen molar-refractivity contribution in [3.05, 3.63) is 47.6 Å². The molecule has 27 heavy (non-hydrogen) atoms. The second-order valence-electron chi connectivity index (χ2n) is 7.08. The number of rotatable bonds is 8. The van der Waals surface area contributed by atoms with Gasteiger partial charge in [0.05, 0.1) is 0 Å². The number of hydrogen-bond donors (Lipinski definition) is 1. The van der Waals surface area contributed by atoms with Gasteiger partial charge in [-0.2, -0.15) is 4.98 Å². The number of carboxylic acid groups (broad SMARTS) is 1. The van der Waals surface area contributed by atoms with Gasteiger partial charge in [0.2, 0.25) is 11.8 Å². The molecule has 1 aliphatic rings. The van der Waals surface area contributed by atoms with E-state index in [9.17, 15) is 14.7 Å². The van der Waals surface area contributed by atoms with Crippen LogP contribution in [-0.2, 0) is 22.4 Å². The molecule has 3 rings (SSSR count). The fraction of sp³-hybridized carbons (Fsp3) is 0.500. The Balaban J connectivity index is 1.56. The van der Waals surface area contributed by atoms with Crippen molar-refractivity contribution in [3.8, 4) is 0 Å². The maximum Gasteiger partial charge on any atom is 0.326 e. The normalized spacial score (nSPS) is 15.6. The van der Waals surface area contributed by atoms with Crippen molar-refractivity contribution in [3.63, 3.8) is 0 Å². The highest BCUT2D eigenvalue weighted by molar-refractivity contribution is 5.83. The topological polar surface area (TPSA) is 96.5 Å². The molecule has 0 spiro atoms. The zero-order valence-corrected chi connectivity index (χ0v) is 15.5. The summed E-state index contributed by atoms with van der Waals surface area (Å²) in [5, 5.41) is 13.6. The molecule has 1 aliphatic carbocycles. The fourth-order valence-corrected chi connectivity index (χ4v) is 3.51. The molecule has 0 saturated heterocycles. The van der Waals surface area contributed by atoms with Crippen molar-refractivity contribution < 1.29 is 19.2 Å².